The molecule has 1 fully saturated rings. The van der Waals surface area contributed by atoms with E-state index in [1.165, 1.54) is 5.06 Å². The SMILES string of the molecule is O=C(CCOc1ccccc1)N1CCCCO1. The Morgan fingerprint density at radius 1 is 1.29 bits per heavy atom. The van der Waals surface area contributed by atoms with Gasteiger partial charge < -0.3 is 4.74 Å². The average molecular weight is 235 g/mol. The van der Waals surface area contributed by atoms with Gasteiger partial charge in [0, 0.05) is 6.54 Å². The lowest BCUT2D eigenvalue weighted by Crippen LogP contribution is -2.36. The fraction of sp³-hybridized carbons (Fsp3) is 0.462. The van der Waals surface area contributed by atoms with Crippen LogP contribution in [0.3, 0.4) is 0 Å². The lowest BCUT2D eigenvalue weighted by molar-refractivity contribution is -0.197. The van der Waals surface area contributed by atoms with Crippen LogP contribution < -0.4 is 4.74 Å². The highest BCUT2D eigenvalue weighted by molar-refractivity contribution is 5.75. The Hall–Kier alpha value is -1.55. The number of rotatable bonds is 4. The molecule has 92 valence electrons. The zero-order valence-corrected chi connectivity index (χ0v) is 9.80. The summed E-state index contributed by atoms with van der Waals surface area (Å²) in [5, 5.41) is 1.46. The Bertz CT molecular complexity index is 347. The first-order valence-corrected chi connectivity index (χ1v) is 5.97. The molecule has 0 aliphatic carbocycles. The van der Waals surface area contributed by atoms with Crippen molar-refractivity contribution in [1.82, 2.24) is 5.06 Å². The van der Waals surface area contributed by atoms with Gasteiger partial charge in [0.05, 0.1) is 19.6 Å². The van der Waals surface area contributed by atoms with Crippen LogP contribution in [0.15, 0.2) is 30.3 Å². The molecule has 1 saturated heterocycles. The summed E-state index contributed by atoms with van der Waals surface area (Å²) in [5.41, 5.74) is 0. The van der Waals surface area contributed by atoms with Gasteiger partial charge in [0.25, 0.3) is 0 Å². The van der Waals surface area contributed by atoms with Gasteiger partial charge in [-0.2, -0.15) is 0 Å². The van der Waals surface area contributed by atoms with Crippen LogP contribution in [0.2, 0.25) is 0 Å². The van der Waals surface area contributed by atoms with Crippen LogP contribution in [0.4, 0.5) is 0 Å². The summed E-state index contributed by atoms with van der Waals surface area (Å²) in [4.78, 5) is 17.0. The first kappa shape index (κ1) is 11.9. The molecule has 4 heteroatoms. The van der Waals surface area contributed by atoms with Gasteiger partial charge >= 0.3 is 0 Å². The molecule has 2 rings (SSSR count). The van der Waals surface area contributed by atoms with Crippen molar-refractivity contribution >= 4 is 5.91 Å². The monoisotopic (exact) mass is 235 g/mol. The molecule has 4 nitrogen and oxygen atoms in total. The number of hydrogen-bond acceptors (Lipinski definition) is 3. The molecule has 1 aromatic rings. The van der Waals surface area contributed by atoms with E-state index in [1.54, 1.807) is 0 Å². The number of carbonyl (C=O) groups excluding carboxylic acids is 1. The zero-order valence-electron chi connectivity index (χ0n) is 9.80. The van der Waals surface area contributed by atoms with Crippen LogP contribution in [-0.2, 0) is 9.63 Å². The minimum absolute atomic E-state index is 0.000584. The molecule has 1 aliphatic rings. The van der Waals surface area contributed by atoms with Crippen molar-refractivity contribution in [3.05, 3.63) is 30.3 Å². The van der Waals surface area contributed by atoms with E-state index < -0.39 is 0 Å². The molecule has 0 aromatic heterocycles. The highest BCUT2D eigenvalue weighted by Gasteiger charge is 2.17. The average Bonchev–Trinajstić information content (AvgIpc) is 2.41. The molecule has 1 heterocycles. The molecular formula is C13H17NO3. The molecular weight excluding hydrogens is 218 g/mol. The van der Waals surface area contributed by atoms with E-state index in [9.17, 15) is 4.79 Å². The van der Waals surface area contributed by atoms with Gasteiger partial charge in [0.15, 0.2) is 0 Å². The standard InChI is InChI=1S/C13H17NO3/c15-13(14-9-4-5-10-17-14)8-11-16-12-6-2-1-3-7-12/h1-3,6-7H,4-5,8-11H2. The molecule has 0 N–H and O–H groups in total. The second kappa shape index (κ2) is 6.25. The Labute approximate surface area is 101 Å². The number of nitrogens with zero attached hydrogens (tertiary/aromatic N) is 1. The fourth-order valence-electron chi connectivity index (χ4n) is 1.69. The van der Waals surface area contributed by atoms with Crippen LogP contribution >= 0.6 is 0 Å². The van der Waals surface area contributed by atoms with Gasteiger partial charge in [-0.15, -0.1) is 0 Å². The molecule has 1 aliphatic heterocycles. The van der Waals surface area contributed by atoms with E-state index in [1.807, 2.05) is 30.3 Å². The summed E-state index contributed by atoms with van der Waals surface area (Å²) in [7, 11) is 0. The summed E-state index contributed by atoms with van der Waals surface area (Å²) in [6.45, 7) is 1.73. The van der Waals surface area contributed by atoms with Gasteiger partial charge in [-0.25, -0.2) is 5.06 Å². The number of benzene rings is 1. The zero-order chi connectivity index (χ0) is 11.9. The number of hydroxylamine groups is 2. The third kappa shape index (κ3) is 3.75. The minimum Gasteiger partial charge on any atom is -0.493 e. The predicted octanol–water partition coefficient (Wildman–Crippen LogP) is 2.01. The van der Waals surface area contributed by atoms with E-state index in [2.05, 4.69) is 0 Å². The highest BCUT2D eigenvalue weighted by atomic mass is 16.7. The summed E-state index contributed by atoms with van der Waals surface area (Å²) in [6.07, 6.45) is 2.41. The number of hydrogen-bond donors (Lipinski definition) is 0. The fourth-order valence-corrected chi connectivity index (χ4v) is 1.69. The molecule has 0 unspecified atom stereocenters. The molecule has 0 bridgehead atoms. The van der Waals surface area contributed by atoms with Gasteiger partial charge in [-0.1, -0.05) is 18.2 Å². The van der Waals surface area contributed by atoms with Crippen molar-refractivity contribution in [2.24, 2.45) is 0 Å². The van der Waals surface area contributed by atoms with Crippen LogP contribution in [-0.4, -0.2) is 30.7 Å². The maximum Gasteiger partial charge on any atom is 0.249 e. The maximum atomic E-state index is 11.7. The summed E-state index contributed by atoms with van der Waals surface area (Å²) in [6, 6.07) is 9.50. The molecule has 0 radical (unpaired) electrons. The van der Waals surface area contributed by atoms with Crippen molar-refractivity contribution < 1.29 is 14.4 Å². The van der Waals surface area contributed by atoms with Crippen molar-refractivity contribution in [2.75, 3.05) is 19.8 Å². The van der Waals surface area contributed by atoms with Gasteiger partial charge in [0.2, 0.25) is 5.91 Å². The minimum atomic E-state index is 0.000584. The molecule has 1 amide bonds. The Kier molecular flexibility index (Phi) is 4.38. The second-order valence-electron chi connectivity index (χ2n) is 3.95. The van der Waals surface area contributed by atoms with E-state index >= 15 is 0 Å². The third-order valence-corrected chi connectivity index (χ3v) is 2.61. The first-order chi connectivity index (χ1) is 8.36. The van der Waals surface area contributed by atoms with E-state index in [0.29, 0.717) is 26.2 Å². The second-order valence-corrected chi connectivity index (χ2v) is 3.95. The maximum absolute atomic E-state index is 11.7. The summed E-state index contributed by atoms with van der Waals surface area (Å²) in [5.74, 6) is 0.792. The van der Waals surface area contributed by atoms with Crippen molar-refractivity contribution in [1.29, 1.82) is 0 Å². The van der Waals surface area contributed by atoms with Crippen LogP contribution in [0.5, 0.6) is 5.75 Å². The molecule has 0 spiro atoms. The number of amides is 1. The normalized spacial score (nSPS) is 15.6. The number of para-hydroxylation sites is 1. The van der Waals surface area contributed by atoms with Crippen molar-refractivity contribution in [2.45, 2.75) is 19.3 Å². The highest BCUT2D eigenvalue weighted by Crippen LogP contribution is 2.10. The van der Waals surface area contributed by atoms with Crippen LogP contribution in [0, 0.1) is 0 Å². The van der Waals surface area contributed by atoms with Gasteiger partial charge in [0.1, 0.15) is 5.75 Å². The number of carbonyl (C=O) groups is 1. The quantitative estimate of drug-likeness (QED) is 0.801. The van der Waals surface area contributed by atoms with E-state index in [-0.39, 0.29) is 5.91 Å². The first-order valence-electron chi connectivity index (χ1n) is 5.97. The molecule has 0 atom stereocenters. The smallest absolute Gasteiger partial charge is 0.249 e. The Morgan fingerprint density at radius 3 is 2.82 bits per heavy atom. The molecule has 0 saturated carbocycles. The topological polar surface area (TPSA) is 38.8 Å². The Morgan fingerprint density at radius 2 is 2.12 bits per heavy atom. The molecule has 17 heavy (non-hydrogen) atoms. The molecule has 1 aromatic carbocycles. The van der Waals surface area contributed by atoms with E-state index in [4.69, 9.17) is 9.57 Å². The Balaban J connectivity index is 1.69. The largest absolute Gasteiger partial charge is 0.493 e. The predicted molar refractivity (Wildman–Crippen MR) is 63.5 cm³/mol. The van der Waals surface area contributed by atoms with Gasteiger partial charge in [-0.3, -0.25) is 9.63 Å². The third-order valence-electron chi connectivity index (χ3n) is 2.61. The number of ether oxygens (including phenoxy) is 1. The lowest BCUT2D eigenvalue weighted by atomic mass is 10.3. The van der Waals surface area contributed by atoms with E-state index in [0.717, 1.165) is 18.6 Å². The van der Waals surface area contributed by atoms with Crippen molar-refractivity contribution in [3.63, 3.8) is 0 Å². The van der Waals surface area contributed by atoms with Crippen LogP contribution in [0.1, 0.15) is 19.3 Å². The van der Waals surface area contributed by atoms with Crippen LogP contribution in [0.25, 0.3) is 0 Å². The van der Waals surface area contributed by atoms with Gasteiger partial charge in [-0.05, 0) is 25.0 Å². The summed E-state index contributed by atoms with van der Waals surface area (Å²) < 4.78 is 5.46. The summed E-state index contributed by atoms with van der Waals surface area (Å²) >= 11 is 0. The lowest BCUT2D eigenvalue weighted by Gasteiger charge is -2.25. The van der Waals surface area contributed by atoms with Crippen molar-refractivity contribution in [3.8, 4) is 5.75 Å².